The molecule has 1 unspecified atom stereocenters. The van der Waals surface area contributed by atoms with E-state index in [1.54, 1.807) is 12.1 Å². The molecule has 1 fully saturated rings. The smallest absolute Gasteiger partial charge is 0.442 e. The number of hydrogen-bond acceptors (Lipinski definition) is 5. The number of carbonyl (C=O) groups is 2. The maximum atomic E-state index is 12.5. The second kappa shape index (κ2) is 9.21. The van der Waals surface area contributed by atoms with Gasteiger partial charge in [0.2, 0.25) is 5.91 Å². The Balaban J connectivity index is 1.43. The van der Waals surface area contributed by atoms with E-state index in [4.69, 9.17) is 4.74 Å². The first-order chi connectivity index (χ1) is 17.2. The zero-order valence-electron chi connectivity index (χ0n) is 19.3. The number of nitrogens with one attached hydrogen (secondary N) is 2. The van der Waals surface area contributed by atoms with Crippen LogP contribution in [-0.4, -0.2) is 47.8 Å². The minimum Gasteiger partial charge on any atom is -0.442 e. The lowest BCUT2D eigenvalue weighted by atomic mass is 9.99. The molecule has 36 heavy (non-hydrogen) atoms. The van der Waals surface area contributed by atoms with E-state index in [2.05, 4.69) is 20.3 Å². The summed E-state index contributed by atoms with van der Waals surface area (Å²) in [7, 11) is 0. The van der Waals surface area contributed by atoms with Crippen molar-refractivity contribution >= 4 is 17.7 Å². The summed E-state index contributed by atoms with van der Waals surface area (Å²) in [6, 6.07) is 11.4. The zero-order valence-corrected chi connectivity index (χ0v) is 19.3. The summed E-state index contributed by atoms with van der Waals surface area (Å²) in [6.07, 6.45) is -3.25. The number of carbonyl (C=O) groups excluding carboxylic acids is 2. The molecule has 8 nitrogen and oxygen atoms in total. The number of H-pyrrole nitrogens is 1. The first-order valence-electron chi connectivity index (χ1n) is 11.5. The molecule has 1 saturated heterocycles. The highest BCUT2D eigenvalue weighted by Gasteiger charge is 2.33. The van der Waals surface area contributed by atoms with Gasteiger partial charge in [-0.15, -0.1) is 13.2 Å². The molecule has 2 N–H and O–H groups in total. The van der Waals surface area contributed by atoms with Crippen LogP contribution >= 0.6 is 0 Å². The summed E-state index contributed by atoms with van der Waals surface area (Å²) in [5, 5.41) is 10.2. The van der Waals surface area contributed by atoms with Crippen molar-refractivity contribution in [3.05, 3.63) is 53.6 Å². The summed E-state index contributed by atoms with van der Waals surface area (Å²) in [5.74, 6) is -0.489. The van der Waals surface area contributed by atoms with Gasteiger partial charge in [-0.05, 0) is 61.2 Å². The van der Waals surface area contributed by atoms with E-state index in [9.17, 15) is 22.8 Å². The second-order valence-electron chi connectivity index (χ2n) is 8.75. The van der Waals surface area contributed by atoms with Crippen LogP contribution in [0.5, 0.6) is 5.75 Å². The van der Waals surface area contributed by atoms with Gasteiger partial charge in [0, 0.05) is 29.3 Å². The fourth-order valence-corrected chi connectivity index (χ4v) is 4.62. The molecular formula is C25H23F3N4O4. The fraction of sp³-hybridized carbons (Fsp3) is 0.320. The molecule has 1 aliphatic heterocycles. The topological polar surface area (TPSA) is 96.5 Å². The molecule has 0 radical (unpaired) electrons. The van der Waals surface area contributed by atoms with Crippen LogP contribution in [0.2, 0.25) is 0 Å². The lowest BCUT2D eigenvalue weighted by molar-refractivity contribution is -0.274. The summed E-state index contributed by atoms with van der Waals surface area (Å²) in [6.45, 7) is 1.95. The maximum absolute atomic E-state index is 12.5. The largest absolute Gasteiger partial charge is 0.573 e. The molecule has 0 spiro atoms. The molecular weight excluding hydrogens is 477 g/mol. The predicted molar refractivity (Wildman–Crippen MR) is 124 cm³/mol. The number of ether oxygens (including phenoxy) is 2. The van der Waals surface area contributed by atoms with Crippen LogP contribution < -0.4 is 15.0 Å². The summed E-state index contributed by atoms with van der Waals surface area (Å²) >= 11 is 0. The Bertz CT molecular complexity index is 1300. The van der Waals surface area contributed by atoms with E-state index in [1.807, 2.05) is 18.2 Å². The van der Waals surface area contributed by atoms with Crippen LogP contribution in [0.4, 0.5) is 23.7 Å². The van der Waals surface area contributed by atoms with Crippen LogP contribution in [-0.2, 0) is 22.4 Å². The van der Waals surface area contributed by atoms with Gasteiger partial charge in [0.15, 0.2) is 0 Å². The van der Waals surface area contributed by atoms with Crippen molar-refractivity contribution in [2.45, 2.75) is 38.7 Å². The fourth-order valence-electron chi connectivity index (χ4n) is 4.62. The average molecular weight is 500 g/mol. The first-order valence-corrected chi connectivity index (χ1v) is 11.5. The molecule has 2 aromatic carbocycles. The van der Waals surface area contributed by atoms with Gasteiger partial charge in [-0.25, -0.2) is 4.79 Å². The third-order valence-electron chi connectivity index (χ3n) is 6.23. The van der Waals surface area contributed by atoms with Gasteiger partial charge in [0.25, 0.3) is 0 Å². The van der Waals surface area contributed by atoms with E-state index >= 15 is 0 Å². The van der Waals surface area contributed by atoms with E-state index in [-0.39, 0.29) is 18.2 Å². The lowest BCUT2D eigenvalue weighted by Gasteiger charge is -2.16. The zero-order chi connectivity index (χ0) is 25.4. The Morgan fingerprint density at radius 1 is 1.22 bits per heavy atom. The number of rotatable bonds is 5. The van der Waals surface area contributed by atoms with Crippen molar-refractivity contribution in [3.8, 4) is 28.3 Å². The Morgan fingerprint density at radius 2 is 2.00 bits per heavy atom. The number of cyclic esters (lactones) is 1. The van der Waals surface area contributed by atoms with Crippen molar-refractivity contribution in [1.82, 2.24) is 15.5 Å². The normalized spacial score (nSPS) is 17.2. The van der Waals surface area contributed by atoms with Crippen LogP contribution in [0.3, 0.4) is 0 Å². The van der Waals surface area contributed by atoms with E-state index in [0.29, 0.717) is 23.5 Å². The molecule has 2 aliphatic rings. The molecule has 0 saturated carbocycles. The van der Waals surface area contributed by atoms with Crippen LogP contribution in [0, 0.1) is 0 Å². The van der Waals surface area contributed by atoms with Crippen LogP contribution in [0.15, 0.2) is 42.5 Å². The molecule has 5 rings (SSSR count). The number of alkyl halides is 3. The molecule has 1 aliphatic carbocycles. The molecule has 2 amide bonds. The molecule has 2 heterocycles. The minimum atomic E-state index is -4.75. The Morgan fingerprint density at radius 3 is 2.72 bits per heavy atom. The number of aryl methyl sites for hydroxylation is 1. The van der Waals surface area contributed by atoms with Gasteiger partial charge in [0.05, 0.1) is 24.5 Å². The van der Waals surface area contributed by atoms with E-state index in [1.165, 1.54) is 24.0 Å². The van der Waals surface area contributed by atoms with Crippen LogP contribution in [0.25, 0.3) is 22.5 Å². The summed E-state index contributed by atoms with van der Waals surface area (Å²) < 4.78 is 46.9. The number of aromatic amines is 1. The third-order valence-corrected chi connectivity index (χ3v) is 6.23. The monoisotopic (exact) mass is 500 g/mol. The van der Waals surface area contributed by atoms with Gasteiger partial charge in [-0.1, -0.05) is 6.07 Å². The Labute approximate surface area is 204 Å². The SMILES string of the molecule is CC(=O)NCC1CN(c2ccc3c(c2)-c2[nH]nc(-c4ccc(OC(F)(F)F)cc4)c2CCC3)C(=O)O1. The van der Waals surface area contributed by atoms with Crippen molar-refractivity contribution in [3.63, 3.8) is 0 Å². The van der Waals surface area contributed by atoms with Gasteiger partial charge >= 0.3 is 12.5 Å². The van der Waals surface area contributed by atoms with Gasteiger partial charge < -0.3 is 14.8 Å². The quantitative estimate of drug-likeness (QED) is 0.534. The van der Waals surface area contributed by atoms with E-state index < -0.39 is 18.6 Å². The highest BCUT2D eigenvalue weighted by Crippen LogP contribution is 2.39. The van der Waals surface area contributed by atoms with Crippen molar-refractivity contribution in [1.29, 1.82) is 0 Å². The van der Waals surface area contributed by atoms with Crippen molar-refractivity contribution in [2.24, 2.45) is 0 Å². The lowest BCUT2D eigenvalue weighted by Crippen LogP contribution is -2.33. The number of nitrogens with zero attached hydrogens (tertiary/aromatic N) is 2. The number of aromatic nitrogens is 2. The standard InChI is InChI=1S/C25H23F3N4O4/c1-14(33)29-12-19-13-32(24(34)35-19)17-8-5-15-3-2-4-20-22(30-31-23(20)21(15)11-17)16-6-9-18(10-7-16)36-25(26,27)28/h5-11,19H,2-4,12-13H2,1H3,(H,29,33)(H,30,31). The van der Waals surface area contributed by atoms with Crippen molar-refractivity contribution in [2.75, 3.05) is 18.0 Å². The van der Waals surface area contributed by atoms with Crippen LogP contribution in [0.1, 0.15) is 24.5 Å². The maximum Gasteiger partial charge on any atom is 0.573 e. The number of fused-ring (bicyclic) bond motifs is 3. The van der Waals surface area contributed by atoms with Crippen molar-refractivity contribution < 1.29 is 32.2 Å². The molecule has 11 heteroatoms. The number of amides is 2. The van der Waals surface area contributed by atoms with Gasteiger partial charge in [-0.2, -0.15) is 5.10 Å². The minimum absolute atomic E-state index is 0.195. The highest BCUT2D eigenvalue weighted by atomic mass is 19.4. The van der Waals surface area contributed by atoms with Gasteiger partial charge in [-0.3, -0.25) is 14.8 Å². The Hall–Kier alpha value is -4.02. The van der Waals surface area contributed by atoms with E-state index in [0.717, 1.165) is 41.6 Å². The summed E-state index contributed by atoms with van der Waals surface area (Å²) in [4.78, 5) is 25.2. The Kier molecular flexibility index (Phi) is 6.07. The average Bonchev–Trinajstić information content (AvgIpc) is 3.36. The summed E-state index contributed by atoms with van der Waals surface area (Å²) in [5.41, 5.74) is 5.79. The molecule has 3 aromatic rings. The predicted octanol–water partition coefficient (Wildman–Crippen LogP) is 4.59. The molecule has 1 atom stereocenters. The second-order valence-corrected chi connectivity index (χ2v) is 8.75. The molecule has 188 valence electrons. The first kappa shape index (κ1) is 23.7. The third kappa shape index (κ3) is 4.86. The molecule has 1 aromatic heterocycles. The number of halogens is 3. The number of anilines is 1. The number of hydrogen-bond donors (Lipinski definition) is 2. The highest BCUT2D eigenvalue weighted by molar-refractivity contribution is 5.91. The number of benzene rings is 2. The molecule has 0 bridgehead atoms. The van der Waals surface area contributed by atoms with Gasteiger partial charge in [0.1, 0.15) is 11.9 Å².